The number of carbonyl (C=O) groups is 7. The lowest BCUT2D eigenvalue weighted by Gasteiger charge is -2.27. The predicted molar refractivity (Wildman–Crippen MR) is 288 cm³/mol. The van der Waals surface area contributed by atoms with Gasteiger partial charge >= 0.3 is 5.97 Å². The minimum absolute atomic E-state index is 0.0407. The van der Waals surface area contributed by atoms with Gasteiger partial charge in [0.05, 0.1) is 6.61 Å². The maximum atomic E-state index is 14.5. The van der Waals surface area contributed by atoms with E-state index < -0.39 is 84.3 Å². The molecule has 1 heterocycles. The van der Waals surface area contributed by atoms with Gasteiger partial charge in [0.25, 0.3) is 0 Å². The Bertz CT molecular complexity index is 2760. The molecule has 21 heteroatoms. The van der Waals surface area contributed by atoms with Gasteiger partial charge in [0.1, 0.15) is 42.0 Å². The number of aliphatic hydroxyl groups is 1. The monoisotopic (exact) mass is 1060 g/mol. The van der Waals surface area contributed by atoms with E-state index in [9.17, 15) is 48.9 Å². The van der Waals surface area contributed by atoms with Crippen molar-refractivity contribution in [1.29, 1.82) is 0 Å². The van der Waals surface area contributed by atoms with Gasteiger partial charge < -0.3 is 57.9 Å². The van der Waals surface area contributed by atoms with Crippen LogP contribution in [0, 0.1) is 0 Å². The second kappa shape index (κ2) is 30.3. The Morgan fingerprint density at radius 1 is 0.566 bits per heavy atom. The summed E-state index contributed by atoms with van der Waals surface area (Å²) in [7, 11) is 0. The van der Waals surface area contributed by atoms with Gasteiger partial charge in [0.2, 0.25) is 35.4 Å². The van der Waals surface area contributed by atoms with E-state index in [1.165, 1.54) is 43.6 Å². The Labute approximate surface area is 446 Å². The highest BCUT2D eigenvalue weighted by Gasteiger charge is 2.34. The number of amides is 6. The number of carbonyl (C=O) groups excluding carboxylic acids is 6. The Hall–Kier alpha value is -8.10. The Morgan fingerprint density at radius 2 is 1.05 bits per heavy atom. The molecule has 5 rings (SSSR count). The molecule has 6 atom stereocenters. The summed E-state index contributed by atoms with van der Waals surface area (Å²) in [6.45, 7) is 5.87. The molecule has 0 unspecified atom stereocenters. The van der Waals surface area contributed by atoms with Crippen LogP contribution in [0.25, 0.3) is 10.8 Å². The molecule has 4 aromatic carbocycles. The normalized spacial score (nSPS) is 13.3. The van der Waals surface area contributed by atoms with Crippen molar-refractivity contribution in [3.05, 3.63) is 143 Å². The van der Waals surface area contributed by atoms with E-state index in [0.29, 0.717) is 60.1 Å². The number of nitrogens with one attached hydrogen (secondary N) is 8. The molecule has 0 saturated carbocycles. The SMILES string of the molecule is CCNC(=NCCCC[C@@H](NC(=O)[C@H](Cc1ccc(O)cc1)NC(=O)[C@H](CO)NC(=O)[C@@H](Cc1cccnc1)NC(=O)[C@@H](Cc1ccc(Cl)cc1)NC(=O)[C@@H](Cc1ccc2ccccc2c1)NC(C)=O)C(=O)O)NCC. The summed E-state index contributed by atoms with van der Waals surface area (Å²) in [5, 5.41) is 54.9. The maximum Gasteiger partial charge on any atom is 0.326 e. The second-order valence-corrected chi connectivity index (χ2v) is 18.5. The lowest BCUT2D eigenvalue weighted by atomic mass is 9.99. The number of aliphatic carboxylic acids is 1. The molecule has 0 radical (unpaired) electrons. The third-order valence-corrected chi connectivity index (χ3v) is 12.3. The number of carboxylic acids is 1. The number of hydrogen-bond donors (Lipinski definition) is 11. The van der Waals surface area contributed by atoms with Gasteiger partial charge in [-0.1, -0.05) is 84.4 Å². The highest BCUT2D eigenvalue weighted by atomic mass is 35.5. The van der Waals surface area contributed by atoms with Crippen molar-refractivity contribution in [1.82, 2.24) is 47.5 Å². The van der Waals surface area contributed by atoms with Crippen LogP contribution in [0.1, 0.15) is 62.3 Å². The number of aromatic hydroxyl groups is 1. The fourth-order valence-corrected chi connectivity index (χ4v) is 8.26. The Balaban J connectivity index is 1.35. The summed E-state index contributed by atoms with van der Waals surface area (Å²) < 4.78 is 0. The van der Waals surface area contributed by atoms with Crippen molar-refractivity contribution >= 4 is 69.7 Å². The summed E-state index contributed by atoms with van der Waals surface area (Å²) in [5.41, 5.74) is 2.29. The molecule has 0 aliphatic heterocycles. The molecule has 0 bridgehead atoms. The lowest BCUT2D eigenvalue weighted by Crippen LogP contribution is -2.61. The molecule has 1 aromatic heterocycles. The van der Waals surface area contributed by atoms with Crippen LogP contribution in [-0.4, -0.2) is 130 Å². The number of aliphatic imine (C=N–C) groups is 1. The number of halogens is 1. The highest BCUT2D eigenvalue weighted by Crippen LogP contribution is 2.18. The number of fused-ring (bicyclic) bond motifs is 1. The summed E-state index contributed by atoms with van der Waals surface area (Å²) >= 11 is 6.18. The van der Waals surface area contributed by atoms with Gasteiger partial charge in [-0.05, 0) is 96.5 Å². The van der Waals surface area contributed by atoms with E-state index >= 15 is 0 Å². The van der Waals surface area contributed by atoms with Gasteiger partial charge in [-0.15, -0.1) is 0 Å². The number of aliphatic hydroxyl groups excluding tert-OH is 1. The third-order valence-electron chi connectivity index (χ3n) is 12.0. The first-order chi connectivity index (χ1) is 36.5. The first kappa shape index (κ1) is 58.8. The Morgan fingerprint density at radius 3 is 1.58 bits per heavy atom. The summed E-state index contributed by atoms with van der Waals surface area (Å²) in [4.78, 5) is 105. The third kappa shape index (κ3) is 19.3. The quantitative estimate of drug-likeness (QED) is 0.0195. The van der Waals surface area contributed by atoms with Crippen LogP contribution in [0.3, 0.4) is 0 Å². The molecule has 404 valence electrons. The van der Waals surface area contributed by atoms with E-state index in [-0.39, 0.29) is 37.9 Å². The molecular weight excluding hydrogens is 996 g/mol. The van der Waals surface area contributed by atoms with Crippen LogP contribution in [0.15, 0.2) is 121 Å². The van der Waals surface area contributed by atoms with Gasteiger partial charge in [-0.2, -0.15) is 0 Å². The fraction of sp³-hybridized carbons (Fsp3) is 0.364. The number of benzene rings is 4. The second-order valence-electron chi connectivity index (χ2n) is 18.0. The first-order valence-corrected chi connectivity index (χ1v) is 25.5. The zero-order valence-corrected chi connectivity index (χ0v) is 43.4. The summed E-state index contributed by atoms with van der Waals surface area (Å²) in [6.07, 6.45) is 3.54. The van der Waals surface area contributed by atoms with E-state index in [2.05, 4.69) is 52.5 Å². The van der Waals surface area contributed by atoms with Crippen LogP contribution in [0.5, 0.6) is 5.75 Å². The molecule has 76 heavy (non-hydrogen) atoms. The van der Waals surface area contributed by atoms with Gasteiger partial charge in [-0.3, -0.25) is 38.7 Å². The minimum atomic E-state index is -1.71. The van der Waals surface area contributed by atoms with Gasteiger partial charge in [-0.25, -0.2) is 4.79 Å². The number of guanidine groups is 1. The van der Waals surface area contributed by atoms with Crippen LogP contribution in [-0.2, 0) is 59.2 Å². The molecule has 5 aromatic rings. The van der Waals surface area contributed by atoms with Crippen molar-refractivity contribution in [2.45, 2.75) is 102 Å². The van der Waals surface area contributed by atoms with Crippen molar-refractivity contribution in [2.75, 3.05) is 26.2 Å². The van der Waals surface area contributed by atoms with Crippen molar-refractivity contribution in [3.8, 4) is 5.75 Å². The van der Waals surface area contributed by atoms with Gasteiger partial charge in [0, 0.05) is 69.7 Å². The molecule has 0 aliphatic rings. The number of unbranched alkanes of at least 4 members (excludes halogenated alkanes) is 1. The topological polar surface area (TPSA) is 302 Å². The number of nitrogens with zero attached hydrogens (tertiary/aromatic N) is 2. The molecule has 0 spiro atoms. The van der Waals surface area contributed by atoms with E-state index in [1.54, 1.807) is 36.4 Å². The smallest absolute Gasteiger partial charge is 0.326 e. The van der Waals surface area contributed by atoms with E-state index in [1.807, 2.05) is 56.3 Å². The Kier molecular flexibility index (Phi) is 23.4. The average molecular weight is 1060 g/mol. The first-order valence-electron chi connectivity index (χ1n) is 25.1. The number of pyridine rings is 1. The van der Waals surface area contributed by atoms with E-state index in [4.69, 9.17) is 11.6 Å². The van der Waals surface area contributed by atoms with Crippen LogP contribution in [0.4, 0.5) is 0 Å². The number of carboxylic acid groups (broad SMARTS) is 1. The standard InChI is InChI=1S/C55H67ClN10O10/c1-4-58-55(59-5-2)60-26-9-8-14-43(54(75)76)62-50(71)45(29-36-18-23-42(69)24-19-36)65-53(74)48(33-67)66-52(73)47(31-38-11-10-25-57-32-38)64-51(72)46(28-35-16-21-41(56)22-17-35)63-49(70)44(61-34(3)68)30-37-15-20-39-12-6-7-13-40(39)27-37/h6-7,10-13,15-25,27,32,43-48,67,69H,4-5,8-9,14,26,28-31,33H2,1-3H3,(H,61,68)(H,62,71)(H,63,70)(H,64,72)(H,65,74)(H,66,73)(H,75,76)(H2,58,59,60)/t43-,44-,45+,46-,47-,48+/m1/s1. The molecular formula is C55H67ClN10O10. The predicted octanol–water partition coefficient (Wildman–Crippen LogP) is 2.62. The zero-order chi connectivity index (χ0) is 55.0. The van der Waals surface area contributed by atoms with E-state index in [0.717, 1.165) is 16.3 Å². The number of phenols is 1. The van der Waals surface area contributed by atoms with Crippen LogP contribution in [0.2, 0.25) is 5.02 Å². The lowest BCUT2D eigenvalue weighted by molar-refractivity contribution is -0.142. The molecule has 6 amide bonds. The van der Waals surface area contributed by atoms with Crippen molar-refractivity contribution in [3.63, 3.8) is 0 Å². The number of aromatic nitrogens is 1. The highest BCUT2D eigenvalue weighted by molar-refractivity contribution is 6.30. The molecule has 0 aliphatic carbocycles. The van der Waals surface area contributed by atoms with Crippen LogP contribution < -0.4 is 42.5 Å². The molecule has 20 nitrogen and oxygen atoms in total. The largest absolute Gasteiger partial charge is 0.508 e. The summed E-state index contributed by atoms with van der Waals surface area (Å²) in [6, 6.07) is 20.5. The van der Waals surface area contributed by atoms with Crippen molar-refractivity contribution in [2.24, 2.45) is 4.99 Å². The maximum absolute atomic E-state index is 14.5. The minimum Gasteiger partial charge on any atom is -0.508 e. The molecule has 0 fully saturated rings. The zero-order valence-electron chi connectivity index (χ0n) is 42.7. The van der Waals surface area contributed by atoms with Crippen LogP contribution >= 0.6 is 11.6 Å². The van der Waals surface area contributed by atoms with Crippen molar-refractivity contribution < 1.29 is 48.9 Å². The van der Waals surface area contributed by atoms with Gasteiger partial charge in [0.15, 0.2) is 5.96 Å². The number of phenolic OH excluding ortho intramolecular Hbond substituents is 1. The molecule has 11 N–H and O–H groups in total. The summed E-state index contributed by atoms with van der Waals surface area (Å²) in [5.74, 6) is -5.57. The molecule has 0 saturated heterocycles. The number of hydrogen-bond acceptors (Lipinski definition) is 11. The average Bonchev–Trinajstić information content (AvgIpc) is 3.40. The number of rotatable bonds is 28. The fourth-order valence-electron chi connectivity index (χ4n) is 8.14.